The number of furan rings is 1. The lowest BCUT2D eigenvalue weighted by atomic mass is 9.85. The fraction of sp³-hybridized carbons (Fsp3) is 0.259. The van der Waals surface area contributed by atoms with E-state index in [-0.39, 0.29) is 11.9 Å². The van der Waals surface area contributed by atoms with E-state index >= 15 is 0 Å². The zero-order valence-electron chi connectivity index (χ0n) is 18.7. The number of hydrogen-bond acceptors (Lipinski definition) is 4. The topological polar surface area (TPSA) is 45.8 Å². The van der Waals surface area contributed by atoms with E-state index < -0.39 is 0 Å². The van der Waals surface area contributed by atoms with Crippen LogP contribution in [0.5, 0.6) is 0 Å². The predicted octanol–water partition coefficient (Wildman–Crippen LogP) is 8.44. The zero-order valence-corrected chi connectivity index (χ0v) is 21.0. The van der Waals surface area contributed by atoms with Crippen molar-refractivity contribution in [3.05, 3.63) is 81.4 Å². The SMILES string of the molecule is C[C@@H]1CCCC[C@@H]1N1C(=O)/C(=C/c2ccc(-c3cccc(Cl)c3Cl)o2)SC1=Nc1ccccc1. The molecule has 1 amide bonds. The summed E-state index contributed by atoms with van der Waals surface area (Å²) in [6.45, 7) is 2.23. The van der Waals surface area contributed by atoms with Crippen LogP contribution in [0.1, 0.15) is 38.4 Å². The van der Waals surface area contributed by atoms with Gasteiger partial charge >= 0.3 is 0 Å². The van der Waals surface area contributed by atoms with E-state index in [1.165, 1.54) is 18.2 Å². The second kappa shape index (κ2) is 10.0. The Hall–Kier alpha value is -2.47. The number of hydrogen-bond donors (Lipinski definition) is 0. The third kappa shape index (κ3) is 4.70. The highest BCUT2D eigenvalue weighted by Crippen LogP contribution is 2.41. The number of benzene rings is 2. The average molecular weight is 511 g/mol. The van der Waals surface area contributed by atoms with Gasteiger partial charge in [0.05, 0.1) is 20.6 Å². The van der Waals surface area contributed by atoms with Crippen molar-refractivity contribution in [1.82, 2.24) is 4.90 Å². The van der Waals surface area contributed by atoms with E-state index in [9.17, 15) is 4.79 Å². The lowest BCUT2D eigenvalue weighted by Gasteiger charge is -2.35. The van der Waals surface area contributed by atoms with Gasteiger partial charge in [-0.1, -0.05) is 67.2 Å². The Balaban J connectivity index is 1.49. The molecule has 0 unspecified atom stereocenters. The monoisotopic (exact) mass is 510 g/mol. The second-order valence-corrected chi connectivity index (χ2v) is 10.4. The molecule has 2 heterocycles. The maximum atomic E-state index is 13.6. The number of nitrogens with zero attached hydrogens (tertiary/aromatic N) is 2. The lowest BCUT2D eigenvalue weighted by molar-refractivity contribution is -0.124. The van der Waals surface area contributed by atoms with Crippen molar-refractivity contribution >= 4 is 57.8 Å². The lowest BCUT2D eigenvalue weighted by Crippen LogP contribution is -2.44. The molecule has 2 aromatic carbocycles. The first kappa shape index (κ1) is 23.3. The number of aliphatic imine (C=N–C) groups is 1. The summed E-state index contributed by atoms with van der Waals surface area (Å²) < 4.78 is 6.03. The summed E-state index contributed by atoms with van der Waals surface area (Å²) in [5.41, 5.74) is 1.55. The van der Waals surface area contributed by atoms with Gasteiger partial charge < -0.3 is 4.42 Å². The number of thioether (sulfide) groups is 1. The first-order chi connectivity index (χ1) is 16.5. The highest BCUT2D eigenvalue weighted by Gasteiger charge is 2.41. The van der Waals surface area contributed by atoms with Gasteiger partial charge in [-0.2, -0.15) is 0 Å². The maximum absolute atomic E-state index is 13.6. The van der Waals surface area contributed by atoms with Gasteiger partial charge in [0.25, 0.3) is 5.91 Å². The van der Waals surface area contributed by atoms with Crippen molar-refractivity contribution in [2.45, 2.75) is 38.6 Å². The molecule has 1 aliphatic carbocycles. The summed E-state index contributed by atoms with van der Waals surface area (Å²) in [5, 5.41) is 1.64. The van der Waals surface area contributed by atoms with Crippen molar-refractivity contribution in [3.63, 3.8) is 0 Å². The molecular formula is C27H24Cl2N2O2S. The molecule has 2 atom stereocenters. The number of rotatable bonds is 4. The van der Waals surface area contributed by atoms with Gasteiger partial charge in [-0.15, -0.1) is 0 Å². The minimum atomic E-state index is -0.0165. The van der Waals surface area contributed by atoms with Crippen LogP contribution in [0.3, 0.4) is 0 Å². The molecule has 174 valence electrons. The largest absolute Gasteiger partial charge is 0.457 e. The normalized spacial score (nSPS) is 23.3. The maximum Gasteiger partial charge on any atom is 0.267 e. The molecule has 1 saturated heterocycles. The van der Waals surface area contributed by atoms with Crippen LogP contribution < -0.4 is 0 Å². The van der Waals surface area contributed by atoms with Crippen LogP contribution in [0.2, 0.25) is 10.0 Å². The van der Waals surface area contributed by atoms with Crippen molar-refractivity contribution in [3.8, 4) is 11.3 Å². The van der Waals surface area contributed by atoms with Crippen LogP contribution in [0.25, 0.3) is 17.4 Å². The third-order valence-electron chi connectivity index (χ3n) is 6.33. The Morgan fingerprint density at radius 3 is 2.62 bits per heavy atom. The van der Waals surface area contributed by atoms with Crippen LogP contribution in [0.4, 0.5) is 5.69 Å². The van der Waals surface area contributed by atoms with Crippen molar-refractivity contribution in [2.24, 2.45) is 10.9 Å². The summed E-state index contributed by atoms with van der Waals surface area (Å²) in [4.78, 5) is 21.0. The van der Waals surface area contributed by atoms with Crippen LogP contribution >= 0.6 is 35.0 Å². The van der Waals surface area contributed by atoms with E-state index in [4.69, 9.17) is 32.6 Å². The first-order valence-corrected chi connectivity index (χ1v) is 13.0. The van der Waals surface area contributed by atoms with E-state index in [1.54, 1.807) is 12.1 Å². The molecule has 2 fully saturated rings. The summed E-state index contributed by atoms with van der Waals surface area (Å²) in [6.07, 6.45) is 6.25. The number of amidine groups is 1. The van der Waals surface area contributed by atoms with E-state index in [1.807, 2.05) is 59.5 Å². The molecule has 1 aliphatic heterocycles. The molecule has 2 aliphatic rings. The Morgan fingerprint density at radius 2 is 1.82 bits per heavy atom. The van der Waals surface area contributed by atoms with E-state index in [2.05, 4.69) is 6.92 Å². The van der Waals surface area contributed by atoms with Crippen molar-refractivity contribution < 1.29 is 9.21 Å². The average Bonchev–Trinajstić information content (AvgIpc) is 3.42. The molecule has 0 radical (unpaired) electrons. The molecule has 1 aromatic heterocycles. The molecule has 0 bridgehead atoms. The predicted molar refractivity (Wildman–Crippen MR) is 142 cm³/mol. The fourth-order valence-electron chi connectivity index (χ4n) is 4.55. The van der Waals surface area contributed by atoms with Crippen molar-refractivity contribution in [2.75, 3.05) is 0 Å². The molecule has 34 heavy (non-hydrogen) atoms. The van der Waals surface area contributed by atoms with Gasteiger partial charge in [-0.3, -0.25) is 9.69 Å². The first-order valence-electron chi connectivity index (χ1n) is 11.4. The van der Waals surface area contributed by atoms with E-state index in [0.717, 1.165) is 30.1 Å². The van der Waals surface area contributed by atoms with Gasteiger partial charge in [0.1, 0.15) is 11.5 Å². The molecule has 7 heteroatoms. The minimum absolute atomic E-state index is 0.0165. The zero-order chi connectivity index (χ0) is 23.7. The minimum Gasteiger partial charge on any atom is -0.457 e. The Labute approximate surface area is 213 Å². The standard InChI is InChI=1S/C27H24Cl2N2O2S/c1-17-8-5-6-13-22(17)31-26(32)24(34-27(31)30-18-9-3-2-4-10-18)16-19-14-15-23(33-19)20-11-7-12-21(28)25(20)29/h2-4,7,9-12,14-17,22H,5-6,8,13H2,1H3/b24-16-,30-27?/t17-,22+/m1/s1. The Bertz CT molecular complexity index is 1270. The van der Waals surface area contributed by atoms with Gasteiger partial charge in [0, 0.05) is 17.7 Å². The van der Waals surface area contributed by atoms with Crippen LogP contribution in [-0.4, -0.2) is 22.0 Å². The number of halogens is 2. The fourth-order valence-corrected chi connectivity index (χ4v) is 5.97. The smallest absolute Gasteiger partial charge is 0.267 e. The highest BCUT2D eigenvalue weighted by atomic mass is 35.5. The summed E-state index contributed by atoms with van der Waals surface area (Å²) >= 11 is 13.9. The Morgan fingerprint density at radius 1 is 1.03 bits per heavy atom. The van der Waals surface area contributed by atoms with Crippen LogP contribution in [0.15, 0.2) is 75.0 Å². The number of para-hydroxylation sites is 1. The second-order valence-electron chi connectivity index (χ2n) is 8.65. The number of carbonyl (C=O) groups is 1. The van der Waals surface area contributed by atoms with Gasteiger partial charge in [0.15, 0.2) is 5.17 Å². The highest BCUT2D eigenvalue weighted by molar-refractivity contribution is 8.18. The summed E-state index contributed by atoms with van der Waals surface area (Å²) in [6, 6.07) is 19.0. The molecular weight excluding hydrogens is 487 g/mol. The quantitative estimate of drug-likeness (QED) is 0.330. The van der Waals surface area contributed by atoms with Crippen LogP contribution in [0, 0.1) is 5.92 Å². The third-order valence-corrected chi connectivity index (χ3v) is 8.13. The van der Waals surface area contributed by atoms with Crippen LogP contribution in [-0.2, 0) is 4.79 Å². The van der Waals surface area contributed by atoms with Gasteiger partial charge in [-0.25, -0.2) is 4.99 Å². The molecule has 4 nitrogen and oxygen atoms in total. The molecule has 1 saturated carbocycles. The van der Waals surface area contributed by atoms with Crippen molar-refractivity contribution in [1.29, 1.82) is 0 Å². The molecule has 5 rings (SSSR count). The van der Waals surface area contributed by atoms with Gasteiger partial charge in [-0.05, 0) is 66.9 Å². The number of carbonyl (C=O) groups excluding carboxylic acids is 1. The number of amides is 1. The summed E-state index contributed by atoms with van der Waals surface area (Å²) in [7, 11) is 0. The summed E-state index contributed by atoms with van der Waals surface area (Å²) in [5.74, 6) is 1.60. The Kier molecular flexibility index (Phi) is 6.87. The van der Waals surface area contributed by atoms with E-state index in [0.29, 0.717) is 38.0 Å². The van der Waals surface area contributed by atoms with Gasteiger partial charge in [0.2, 0.25) is 0 Å². The molecule has 3 aromatic rings. The molecule has 0 N–H and O–H groups in total. The molecule has 0 spiro atoms.